The Bertz CT molecular complexity index is 155. The normalized spacial score (nSPS) is 47.8. The molecule has 0 radical (unpaired) electrons. The van der Waals surface area contributed by atoms with Crippen LogP contribution in [0.2, 0.25) is 0 Å². The molecule has 3 atom stereocenters. The summed E-state index contributed by atoms with van der Waals surface area (Å²) in [5, 5.41) is 0. The van der Waals surface area contributed by atoms with Crippen molar-refractivity contribution in [2.75, 3.05) is 0 Å². The van der Waals surface area contributed by atoms with Gasteiger partial charge in [-0.2, -0.15) is 0 Å². The summed E-state index contributed by atoms with van der Waals surface area (Å²) in [6.07, 6.45) is 5.28. The molecule has 0 spiro atoms. The van der Waals surface area contributed by atoms with Gasteiger partial charge in [0.1, 0.15) is 0 Å². The van der Waals surface area contributed by atoms with E-state index in [1.807, 2.05) is 0 Å². The summed E-state index contributed by atoms with van der Waals surface area (Å²) in [6.45, 7) is 4.69. The van der Waals surface area contributed by atoms with Gasteiger partial charge in [0.05, 0.1) is 0 Å². The second kappa shape index (κ2) is 1.62. The van der Waals surface area contributed by atoms with E-state index in [1.165, 1.54) is 12.8 Å². The van der Waals surface area contributed by atoms with Crippen LogP contribution in [0, 0.1) is 17.8 Å². The first-order chi connectivity index (χ1) is 4.29. The van der Waals surface area contributed by atoms with Crippen molar-refractivity contribution in [1.82, 2.24) is 0 Å². The Kier molecular flexibility index (Phi) is 0.992. The van der Waals surface area contributed by atoms with Crippen molar-refractivity contribution in [3.63, 3.8) is 0 Å². The topological polar surface area (TPSA) is 0 Å². The molecule has 0 N–H and O–H groups in total. The first-order valence-corrected chi connectivity index (χ1v) is 3.95. The van der Waals surface area contributed by atoms with Gasteiger partial charge in [-0.05, 0) is 37.5 Å². The zero-order valence-electron chi connectivity index (χ0n) is 6.22. The van der Waals surface area contributed by atoms with Gasteiger partial charge in [0.15, 0.2) is 0 Å². The molecule has 1 fully saturated rings. The van der Waals surface area contributed by atoms with Gasteiger partial charge in [0.2, 0.25) is 0 Å². The lowest BCUT2D eigenvalue weighted by Gasteiger charge is -2.47. The fraction of sp³-hybridized carbons (Fsp3) is 0.778. The van der Waals surface area contributed by atoms with Crippen LogP contribution in [0.15, 0.2) is 11.6 Å². The minimum Gasteiger partial charge on any atom is -0.0850 e. The molecule has 0 amide bonds. The van der Waals surface area contributed by atoms with E-state index in [1.54, 1.807) is 5.57 Å². The van der Waals surface area contributed by atoms with Crippen molar-refractivity contribution < 1.29 is 0 Å². The molecule has 1 unspecified atom stereocenters. The van der Waals surface area contributed by atoms with E-state index in [-0.39, 0.29) is 0 Å². The second-order valence-corrected chi connectivity index (χ2v) is 3.65. The third kappa shape index (κ3) is 0.593. The van der Waals surface area contributed by atoms with Crippen LogP contribution in [0.25, 0.3) is 0 Å². The van der Waals surface area contributed by atoms with Crippen molar-refractivity contribution >= 4 is 0 Å². The van der Waals surface area contributed by atoms with E-state index >= 15 is 0 Å². The SMILES string of the molecule is CC1=CC[C@@H]2C[C@H]1C2C. The minimum atomic E-state index is 0.976. The summed E-state index contributed by atoms with van der Waals surface area (Å²) in [6, 6.07) is 0. The van der Waals surface area contributed by atoms with Crippen molar-refractivity contribution in [3.05, 3.63) is 11.6 Å². The van der Waals surface area contributed by atoms with Crippen LogP contribution in [0.1, 0.15) is 26.7 Å². The molecule has 3 aliphatic rings. The number of hydrogen-bond acceptors (Lipinski definition) is 0. The molecule has 0 heteroatoms. The van der Waals surface area contributed by atoms with Gasteiger partial charge >= 0.3 is 0 Å². The summed E-state index contributed by atoms with van der Waals surface area (Å²) in [5.74, 6) is 3.04. The third-order valence-electron chi connectivity index (χ3n) is 3.26. The molecule has 1 saturated carbocycles. The smallest absolute Gasteiger partial charge is 0.0175 e. The number of hydrogen-bond donors (Lipinski definition) is 0. The highest BCUT2D eigenvalue weighted by molar-refractivity contribution is 5.16. The Morgan fingerprint density at radius 3 is 2.67 bits per heavy atom. The van der Waals surface area contributed by atoms with Gasteiger partial charge in [-0.1, -0.05) is 18.6 Å². The lowest BCUT2D eigenvalue weighted by molar-refractivity contribution is 0.104. The molecule has 3 aliphatic carbocycles. The first-order valence-electron chi connectivity index (χ1n) is 3.95. The highest BCUT2D eigenvalue weighted by Crippen LogP contribution is 2.49. The van der Waals surface area contributed by atoms with Crippen molar-refractivity contribution in [2.24, 2.45) is 17.8 Å². The van der Waals surface area contributed by atoms with E-state index in [4.69, 9.17) is 0 Å². The highest BCUT2D eigenvalue weighted by atomic mass is 14.4. The molecule has 0 aromatic heterocycles. The van der Waals surface area contributed by atoms with Gasteiger partial charge in [0, 0.05) is 0 Å². The van der Waals surface area contributed by atoms with Crippen molar-refractivity contribution in [3.8, 4) is 0 Å². The van der Waals surface area contributed by atoms with Gasteiger partial charge in [-0.25, -0.2) is 0 Å². The molecule has 0 aromatic rings. The van der Waals surface area contributed by atoms with Gasteiger partial charge in [-0.15, -0.1) is 0 Å². The van der Waals surface area contributed by atoms with E-state index in [9.17, 15) is 0 Å². The molecule has 50 valence electrons. The zero-order chi connectivity index (χ0) is 6.43. The lowest BCUT2D eigenvalue weighted by Crippen LogP contribution is -2.37. The predicted octanol–water partition coefficient (Wildman–Crippen LogP) is 2.61. The van der Waals surface area contributed by atoms with Gasteiger partial charge < -0.3 is 0 Å². The highest BCUT2D eigenvalue weighted by Gasteiger charge is 2.40. The quantitative estimate of drug-likeness (QED) is 0.433. The van der Waals surface area contributed by atoms with Gasteiger partial charge in [0.25, 0.3) is 0 Å². The summed E-state index contributed by atoms with van der Waals surface area (Å²) < 4.78 is 0. The maximum Gasteiger partial charge on any atom is -0.0175 e. The molecular weight excluding hydrogens is 108 g/mol. The fourth-order valence-electron chi connectivity index (χ4n) is 2.29. The molecule has 0 saturated heterocycles. The van der Waals surface area contributed by atoms with E-state index in [0.717, 1.165) is 17.8 Å². The molecule has 0 aromatic carbocycles. The third-order valence-corrected chi connectivity index (χ3v) is 3.26. The number of allylic oxidation sites excluding steroid dienone is 2. The molecule has 0 aliphatic heterocycles. The maximum atomic E-state index is 2.43. The summed E-state index contributed by atoms with van der Waals surface area (Å²) in [7, 11) is 0. The zero-order valence-corrected chi connectivity index (χ0v) is 6.22. The van der Waals surface area contributed by atoms with Crippen LogP contribution in [-0.2, 0) is 0 Å². The Morgan fingerprint density at radius 1 is 1.56 bits per heavy atom. The molecule has 2 bridgehead atoms. The van der Waals surface area contributed by atoms with E-state index < -0.39 is 0 Å². The summed E-state index contributed by atoms with van der Waals surface area (Å²) in [5.41, 5.74) is 1.66. The Hall–Kier alpha value is -0.260. The van der Waals surface area contributed by atoms with Gasteiger partial charge in [-0.3, -0.25) is 0 Å². The van der Waals surface area contributed by atoms with Crippen LogP contribution in [-0.4, -0.2) is 0 Å². The first kappa shape index (κ1) is 5.52. The lowest BCUT2D eigenvalue weighted by atomic mass is 9.58. The van der Waals surface area contributed by atoms with Crippen molar-refractivity contribution in [1.29, 1.82) is 0 Å². The Labute approximate surface area is 57.0 Å². The van der Waals surface area contributed by atoms with Crippen LogP contribution >= 0.6 is 0 Å². The van der Waals surface area contributed by atoms with E-state index in [0.29, 0.717) is 0 Å². The summed E-state index contributed by atoms with van der Waals surface area (Å²) >= 11 is 0. The standard InChI is InChI=1S/C9H14/c1-6-3-4-8-5-9(6)7(8)2/h3,7-9H,4-5H2,1-2H3/t7?,8-,9-/m1/s1. The molecule has 0 heterocycles. The largest absolute Gasteiger partial charge is 0.0850 e. The molecule has 9 heavy (non-hydrogen) atoms. The average Bonchev–Trinajstić information content (AvgIpc) is 1.86. The molecule has 3 rings (SSSR count). The van der Waals surface area contributed by atoms with Crippen LogP contribution in [0.5, 0.6) is 0 Å². The van der Waals surface area contributed by atoms with Crippen LogP contribution in [0.4, 0.5) is 0 Å². The molecular formula is C9H14. The van der Waals surface area contributed by atoms with Crippen LogP contribution in [0.3, 0.4) is 0 Å². The monoisotopic (exact) mass is 122 g/mol. The Morgan fingerprint density at radius 2 is 2.33 bits per heavy atom. The van der Waals surface area contributed by atoms with Crippen molar-refractivity contribution in [2.45, 2.75) is 26.7 Å². The summed E-state index contributed by atoms with van der Waals surface area (Å²) in [4.78, 5) is 0. The number of rotatable bonds is 0. The van der Waals surface area contributed by atoms with Crippen LogP contribution < -0.4 is 0 Å². The minimum absolute atomic E-state index is 0.976. The Balaban J connectivity index is 2.22. The molecule has 0 nitrogen and oxygen atoms in total. The fourth-order valence-corrected chi connectivity index (χ4v) is 2.29. The number of fused-ring (bicyclic) bond motifs is 1. The average molecular weight is 122 g/mol. The predicted molar refractivity (Wildman–Crippen MR) is 39.1 cm³/mol. The van der Waals surface area contributed by atoms with E-state index in [2.05, 4.69) is 19.9 Å². The second-order valence-electron chi connectivity index (χ2n) is 3.65. The maximum absolute atomic E-state index is 2.43.